The molecule has 1 aliphatic rings. The molecule has 1 aliphatic heterocycles. The van der Waals surface area contributed by atoms with Crippen LogP contribution < -0.4 is 15.5 Å². The lowest BCUT2D eigenvalue weighted by molar-refractivity contribution is -0.122. The van der Waals surface area contributed by atoms with E-state index in [9.17, 15) is 14.4 Å². The van der Waals surface area contributed by atoms with E-state index in [4.69, 9.17) is 0 Å². The first-order valence-corrected chi connectivity index (χ1v) is 6.37. The number of Topliss-reactive ketones (excluding diaryl/α,β-unsaturated/α-hetero) is 1. The Balaban J connectivity index is 2.06. The molecule has 8 nitrogen and oxygen atoms in total. The van der Waals surface area contributed by atoms with Gasteiger partial charge in [0.25, 0.3) is 0 Å². The second-order valence-electron chi connectivity index (χ2n) is 4.56. The van der Waals surface area contributed by atoms with Gasteiger partial charge in [0.1, 0.15) is 11.6 Å². The summed E-state index contributed by atoms with van der Waals surface area (Å²) < 4.78 is 1.66. The molecule has 3 amide bonds. The summed E-state index contributed by atoms with van der Waals surface area (Å²) in [5, 5.41) is 9.17. The number of carbonyl (C=O) groups is 3. The van der Waals surface area contributed by atoms with Crippen LogP contribution in [0.3, 0.4) is 0 Å². The van der Waals surface area contributed by atoms with Gasteiger partial charge in [0.05, 0.1) is 6.54 Å². The van der Waals surface area contributed by atoms with E-state index in [1.54, 1.807) is 15.6 Å². The van der Waals surface area contributed by atoms with Crippen molar-refractivity contribution in [1.29, 1.82) is 0 Å². The van der Waals surface area contributed by atoms with E-state index in [0.29, 0.717) is 24.7 Å². The molecule has 0 spiro atoms. The van der Waals surface area contributed by atoms with Gasteiger partial charge in [-0.05, 0) is 6.92 Å². The van der Waals surface area contributed by atoms with Crippen LogP contribution in [0.4, 0.5) is 16.4 Å². The van der Waals surface area contributed by atoms with Gasteiger partial charge in [-0.1, -0.05) is 0 Å². The van der Waals surface area contributed by atoms with Gasteiger partial charge >= 0.3 is 6.03 Å². The predicted octanol–water partition coefficient (Wildman–Crippen LogP) is 0.350. The summed E-state index contributed by atoms with van der Waals surface area (Å²) in [5.41, 5.74) is 0. The quantitative estimate of drug-likeness (QED) is 0.831. The van der Waals surface area contributed by atoms with E-state index < -0.39 is 0 Å². The third-order valence-electron chi connectivity index (χ3n) is 3.03. The maximum absolute atomic E-state index is 12.0. The van der Waals surface area contributed by atoms with Crippen molar-refractivity contribution in [3.8, 4) is 0 Å². The van der Waals surface area contributed by atoms with E-state index >= 15 is 0 Å². The Hall–Kier alpha value is -2.38. The summed E-state index contributed by atoms with van der Waals surface area (Å²) >= 11 is 0. The predicted molar refractivity (Wildman–Crippen MR) is 72.6 cm³/mol. The second kappa shape index (κ2) is 5.72. The number of rotatable bonds is 4. The van der Waals surface area contributed by atoms with Crippen molar-refractivity contribution in [2.24, 2.45) is 0 Å². The number of carbonyl (C=O) groups excluding carboxylic acids is 3. The van der Waals surface area contributed by atoms with Crippen molar-refractivity contribution in [3.05, 3.63) is 6.07 Å². The molecule has 108 valence electrons. The zero-order valence-electron chi connectivity index (χ0n) is 11.5. The molecule has 0 fully saturated rings. The Morgan fingerprint density at radius 2 is 2.05 bits per heavy atom. The number of amides is 3. The van der Waals surface area contributed by atoms with Crippen LogP contribution in [-0.2, 0) is 16.1 Å². The Labute approximate surface area is 116 Å². The highest BCUT2D eigenvalue weighted by Crippen LogP contribution is 2.25. The summed E-state index contributed by atoms with van der Waals surface area (Å²) in [4.78, 5) is 35.8. The van der Waals surface area contributed by atoms with Crippen LogP contribution in [0.25, 0.3) is 0 Å². The maximum Gasteiger partial charge on any atom is 0.320 e. The first-order valence-electron chi connectivity index (χ1n) is 6.37. The van der Waals surface area contributed by atoms with Crippen LogP contribution in [-0.4, -0.2) is 41.1 Å². The molecule has 0 atom stereocenters. The van der Waals surface area contributed by atoms with Crippen molar-refractivity contribution < 1.29 is 14.4 Å². The van der Waals surface area contributed by atoms with Gasteiger partial charge in [0, 0.05) is 32.5 Å². The number of aromatic nitrogens is 2. The van der Waals surface area contributed by atoms with Crippen molar-refractivity contribution in [3.63, 3.8) is 0 Å². The van der Waals surface area contributed by atoms with E-state index in [-0.39, 0.29) is 30.6 Å². The lowest BCUT2D eigenvalue weighted by Gasteiger charge is -2.14. The van der Waals surface area contributed by atoms with E-state index in [0.717, 1.165) is 0 Å². The molecule has 2 heterocycles. The van der Waals surface area contributed by atoms with Crippen molar-refractivity contribution in [2.75, 3.05) is 23.8 Å². The third-order valence-corrected chi connectivity index (χ3v) is 3.03. The Kier molecular flexibility index (Phi) is 4.02. The van der Waals surface area contributed by atoms with Gasteiger partial charge in [-0.15, -0.1) is 0 Å². The summed E-state index contributed by atoms with van der Waals surface area (Å²) in [5.74, 6) is 0.923. The van der Waals surface area contributed by atoms with Crippen LogP contribution in [0.2, 0.25) is 0 Å². The number of fused-ring (bicyclic) bond motifs is 1. The Bertz CT molecular complexity index is 551. The number of ketones is 1. The molecule has 0 unspecified atom stereocenters. The highest BCUT2D eigenvalue weighted by molar-refractivity contribution is 5.96. The monoisotopic (exact) mass is 279 g/mol. The minimum Gasteiger partial charge on any atom is -0.341 e. The van der Waals surface area contributed by atoms with Crippen molar-refractivity contribution in [2.45, 2.75) is 26.3 Å². The number of nitrogens with zero attached hydrogens (tertiary/aromatic N) is 3. The standard InChI is InChI=1S/C12H17N5O3/c1-8(18)3-4-11(19)16-5-6-17-10(16)7-9(15-17)14-12(20)13-2/h7H,3-6H2,1-2H3,(H2,13,14,15,20). The molecule has 0 radical (unpaired) electrons. The van der Waals surface area contributed by atoms with Crippen LogP contribution in [0.5, 0.6) is 0 Å². The minimum absolute atomic E-state index is 0.00646. The fourth-order valence-electron chi connectivity index (χ4n) is 2.01. The lowest BCUT2D eigenvalue weighted by atomic mass is 10.2. The molecule has 0 bridgehead atoms. The van der Waals surface area contributed by atoms with Crippen LogP contribution in [0, 0.1) is 0 Å². The average molecular weight is 279 g/mol. The molecule has 1 aromatic rings. The van der Waals surface area contributed by atoms with Gasteiger partial charge in [0.15, 0.2) is 5.82 Å². The molecule has 2 N–H and O–H groups in total. The Morgan fingerprint density at radius 1 is 1.30 bits per heavy atom. The molecule has 0 aromatic carbocycles. The molecule has 8 heteroatoms. The zero-order valence-corrected chi connectivity index (χ0v) is 11.5. The van der Waals surface area contributed by atoms with Gasteiger partial charge in [-0.3, -0.25) is 15.0 Å². The summed E-state index contributed by atoms with van der Waals surface area (Å²) in [6.07, 6.45) is 0.436. The van der Waals surface area contributed by atoms with Gasteiger partial charge < -0.3 is 10.1 Å². The van der Waals surface area contributed by atoms with Gasteiger partial charge in [-0.2, -0.15) is 5.10 Å². The second-order valence-corrected chi connectivity index (χ2v) is 4.56. The molecule has 2 rings (SSSR count). The normalized spacial score (nSPS) is 13.0. The van der Waals surface area contributed by atoms with Crippen molar-refractivity contribution in [1.82, 2.24) is 15.1 Å². The smallest absolute Gasteiger partial charge is 0.320 e. The molecule has 0 aliphatic carbocycles. The molecule has 20 heavy (non-hydrogen) atoms. The summed E-state index contributed by atoms with van der Waals surface area (Å²) in [7, 11) is 1.51. The zero-order chi connectivity index (χ0) is 14.7. The molecule has 0 saturated carbocycles. The third kappa shape index (κ3) is 2.95. The first kappa shape index (κ1) is 14.0. The molecule has 0 saturated heterocycles. The van der Waals surface area contributed by atoms with Gasteiger partial charge in [0.2, 0.25) is 5.91 Å². The highest BCUT2D eigenvalue weighted by atomic mass is 16.2. The van der Waals surface area contributed by atoms with Gasteiger partial charge in [-0.25, -0.2) is 9.48 Å². The molecular formula is C12H17N5O3. The lowest BCUT2D eigenvalue weighted by Crippen LogP contribution is -2.29. The van der Waals surface area contributed by atoms with Crippen LogP contribution >= 0.6 is 0 Å². The minimum atomic E-state index is -0.365. The average Bonchev–Trinajstić information content (AvgIpc) is 2.95. The largest absolute Gasteiger partial charge is 0.341 e. The summed E-state index contributed by atoms with van der Waals surface area (Å²) in [6.45, 7) is 2.59. The highest BCUT2D eigenvalue weighted by Gasteiger charge is 2.26. The number of hydrogen-bond acceptors (Lipinski definition) is 4. The fourth-order valence-corrected chi connectivity index (χ4v) is 2.01. The van der Waals surface area contributed by atoms with Crippen molar-refractivity contribution >= 4 is 29.4 Å². The Morgan fingerprint density at radius 3 is 2.70 bits per heavy atom. The molecular weight excluding hydrogens is 262 g/mol. The van der Waals surface area contributed by atoms with Crippen LogP contribution in [0.1, 0.15) is 19.8 Å². The van der Waals surface area contributed by atoms with E-state index in [1.165, 1.54) is 14.0 Å². The van der Waals surface area contributed by atoms with E-state index in [2.05, 4.69) is 15.7 Å². The fraction of sp³-hybridized carbons (Fsp3) is 0.500. The SMILES string of the molecule is CNC(=O)Nc1cc2n(n1)CCN2C(=O)CCC(C)=O. The van der Waals surface area contributed by atoms with Crippen LogP contribution in [0.15, 0.2) is 6.07 Å². The number of hydrogen-bond donors (Lipinski definition) is 2. The topological polar surface area (TPSA) is 96.3 Å². The first-order chi connectivity index (χ1) is 9.51. The maximum atomic E-state index is 12.0. The number of nitrogens with one attached hydrogen (secondary N) is 2. The number of anilines is 2. The summed E-state index contributed by atoms with van der Waals surface area (Å²) in [6, 6.07) is 1.28. The van der Waals surface area contributed by atoms with E-state index in [1.807, 2.05) is 0 Å². The number of urea groups is 1. The molecule has 1 aromatic heterocycles.